The van der Waals surface area contributed by atoms with E-state index in [1.807, 2.05) is 0 Å². The van der Waals surface area contributed by atoms with E-state index in [1.165, 1.54) is 6.26 Å². The maximum atomic E-state index is 10.8. The van der Waals surface area contributed by atoms with Gasteiger partial charge in [-0.15, -0.1) is 12.3 Å². The van der Waals surface area contributed by atoms with Crippen molar-refractivity contribution in [3.8, 4) is 12.3 Å². The second-order valence-electron chi connectivity index (χ2n) is 3.39. The Morgan fingerprint density at radius 1 is 1.21 bits per heavy atom. The topological polar surface area (TPSA) is 46.2 Å². The molecule has 0 atom stereocenters. The van der Waals surface area contributed by atoms with Crippen molar-refractivity contribution in [3.63, 3.8) is 0 Å². The molecule has 0 radical (unpaired) electrons. The predicted molar refractivity (Wildman–Crippen MR) is 59.9 cm³/mol. The highest BCUT2D eigenvalue weighted by molar-refractivity contribution is 7.90. The lowest BCUT2D eigenvalue weighted by atomic mass is 10.2. The smallest absolute Gasteiger partial charge is 0.147 e. The number of hydrogen-bond acceptors (Lipinski definition) is 3. The highest BCUT2D eigenvalue weighted by Gasteiger charge is 1.99. The summed E-state index contributed by atoms with van der Waals surface area (Å²) in [5.41, 5.74) is 0. The molecule has 0 aromatic carbocycles. The van der Waals surface area contributed by atoms with E-state index in [-0.39, 0.29) is 5.75 Å². The van der Waals surface area contributed by atoms with Crippen LogP contribution in [0.3, 0.4) is 0 Å². The van der Waals surface area contributed by atoms with E-state index in [1.54, 1.807) is 0 Å². The Morgan fingerprint density at radius 2 is 1.86 bits per heavy atom. The third-order valence-electron chi connectivity index (χ3n) is 1.79. The average molecular weight is 217 g/mol. The Kier molecular flexibility index (Phi) is 7.54. The molecule has 14 heavy (non-hydrogen) atoms. The van der Waals surface area contributed by atoms with Crippen LogP contribution in [0.5, 0.6) is 0 Å². The van der Waals surface area contributed by atoms with Crippen LogP contribution in [0.1, 0.15) is 25.7 Å². The van der Waals surface area contributed by atoms with Gasteiger partial charge in [0.15, 0.2) is 0 Å². The Bertz CT molecular complexity index is 264. The first-order chi connectivity index (χ1) is 6.56. The molecule has 0 bridgehead atoms. The monoisotopic (exact) mass is 217 g/mol. The van der Waals surface area contributed by atoms with Gasteiger partial charge in [-0.25, -0.2) is 8.42 Å². The number of unbranched alkanes of at least 4 members (excludes halogenated alkanes) is 2. The second-order valence-corrected chi connectivity index (χ2v) is 5.65. The van der Waals surface area contributed by atoms with Crippen LogP contribution in [0.25, 0.3) is 0 Å². The van der Waals surface area contributed by atoms with E-state index >= 15 is 0 Å². The molecule has 0 spiro atoms. The molecule has 0 heterocycles. The number of nitrogens with one attached hydrogen (secondary N) is 1. The van der Waals surface area contributed by atoms with Crippen LogP contribution in [0.4, 0.5) is 0 Å². The number of sulfone groups is 1. The van der Waals surface area contributed by atoms with Crippen molar-refractivity contribution in [2.45, 2.75) is 25.7 Å². The molecule has 0 saturated heterocycles. The molecule has 0 aliphatic carbocycles. The molecule has 0 saturated carbocycles. The molecule has 0 rings (SSSR count). The van der Waals surface area contributed by atoms with Crippen molar-refractivity contribution in [2.24, 2.45) is 0 Å². The summed E-state index contributed by atoms with van der Waals surface area (Å²) in [5.74, 6) is 2.85. The number of rotatable bonds is 8. The lowest BCUT2D eigenvalue weighted by molar-refractivity contribution is 0.589. The Hall–Kier alpha value is -0.530. The summed E-state index contributed by atoms with van der Waals surface area (Å²) >= 11 is 0. The summed E-state index contributed by atoms with van der Waals surface area (Å²) in [4.78, 5) is 0. The van der Waals surface area contributed by atoms with Crippen LogP contribution in [0, 0.1) is 12.3 Å². The van der Waals surface area contributed by atoms with Gasteiger partial charge >= 0.3 is 0 Å². The fraction of sp³-hybridized carbons (Fsp3) is 0.800. The van der Waals surface area contributed by atoms with E-state index in [9.17, 15) is 8.42 Å². The lowest BCUT2D eigenvalue weighted by Gasteiger charge is -2.02. The number of hydrogen-bond donors (Lipinski definition) is 1. The molecule has 0 aromatic heterocycles. The summed E-state index contributed by atoms with van der Waals surface area (Å²) in [6.45, 7) is 1.69. The van der Waals surface area contributed by atoms with Gasteiger partial charge in [-0.1, -0.05) is 0 Å². The molecular formula is C10H19NO2S. The quantitative estimate of drug-likeness (QED) is 0.483. The molecule has 4 heteroatoms. The molecule has 82 valence electrons. The zero-order valence-electron chi connectivity index (χ0n) is 8.75. The maximum absolute atomic E-state index is 10.8. The molecule has 0 aliphatic rings. The standard InChI is InChI=1S/C10H19NO2S/c1-3-4-5-6-8-11-9-7-10-14(2,12)13/h1,11H,4-10H2,2H3. The van der Waals surface area contributed by atoms with Crippen LogP contribution >= 0.6 is 0 Å². The molecular weight excluding hydrogens is 198 g/mol. The highest BCUT2D eigenvalue weighted by atomic mass is 32.2. The largest absolute Gasteiger partial charge is 0.317 e. The van der Waals surface area contributed by atoms with Gasteiger partial charge < -0.3 is 5.32 Å². The molecule has 0 fully saturated rings. The van der Waals surface area contributed by atoms with Crippen molar-refractivity contribution >= 4 is 9.84 Å². The zero-order chi connectivity index (χ0) is 10.9. The maximum Gasteiger partial charge on any atom is 0.147 e. The van der Waals surface area contributed by atoms with E-state index in [0.29, 0.717) is 6.42 Å². The van der Waals surface area contributed by atoms with Crippen LogP contribution in [0.2, 0.25) is 0 Å². The minimum Gasteiger partial charge on any atom is -0.317 e. The summed E-state index contributed by atoms with van der Waals surface area (Å²) in [6, 6.07) is 0. The van der Waals surface area contributed by atoms with Crippen molar-refractivity contribution in [1.29, 1.82) is 0 Å². The van der Waals surface area contributed by atoms with Crippen molar-refractivity contribution < 1.29 is 8.42 Å². The van der Waals surface area contributed by atoms with Crippen LogP contribution in [-0.2, 0) is 9.84 Å². The van der Waals surface area contributed by atoms with Crippen molar-refractivity contribution in [3.05, 3.63) is 0 Å². The Balaban J connectivity index is 3.12. The first-order valence-corrected chi connectivity index (χ1v) is 6.94. The van der Waals surface area contributed by atoms with Gasteiger partial charge in [0.05, 0.1) is 5.75 Å². The molecule has 1 N–H and O–H groups in total. The average Bonchev–Trinajstić information content (AvgIpc) is 2.08. The SMILES string of the molecule is C#CCCCCNCCCS(C)(=O)=O. The van der Waals surface area contributed by atoms with Gasteiger partial charge in [0.25, 0.3) is 0 Å². The number of terminal acetylenes is 1. The molecule has 0 unspecified atom stereocenters. The summed E-state index contributed by atoms with van der Waals surface area (Å²) in [7, 11) is -2.79. The minimum atomic E-state index is -2.79. The molecule has 0 aromatic rings. The highest BCUT2D eigenvalue weighted by Crippen LogP contribution is 1.92. The van der Waals surface area contributed by atoms with E-state index in [2.05, 4.69) is 11.2 Å². The van der Waals surface area contributed by atoms with Crippen LogP contribution in [0.15, 0.2) is 0 Å². The zero-order valence-corrected chi connectivity index (χ0v) is 9.57. The van der Waals surface area contributed by atoms with E-state index in [4.69, 9.17) is 6.42 Å². The van der Waals surface area contributed by atoms with Crippen LogP contribution in [-0.4, -0.2) is 33.5 Å². The Labute approximate surface area is 87.2 Å². The summed E-state index contributed by atoms with van der Waals surface area (Å²) < 4.78 is 21.5. The first kappa shape index (κ1) is 13.5. The van der Waals surface area contributed by atoms with Gasteiger partial charge in [0.2, 0.25) is 0 Å². The van der Waals surface area contributed by atoms with Gasteiger partial charge in [-0.2, -0.15) is 0 Å². The van der Waals surface area contributed by atoms with Crippen molar-refractivity contribution in [2.75, 3.05) is 25.1 Å². The van der Waals surface area contributed by atoms with Crippen molar-refractivity contribution in [1.82, 2.24) is 5.32 Å². The van der Waals surface area contributed by atoms with Gasteiger partial charge in [-0.3, -0.25) is 0 Å². The van der Waals surface area contributed by atoms with E-state index < -0.39 is 9.84 Å². The summed E-state index contributed by atoms with van der Waals surface area (Å²) in [5, 5.41) is 3.18. The fourth-order valence-electron chi connectivity index (χ4n) is 1.06. The van der Waals surface area contributed by atoms with E-state index in [0.717, 1.165) is 32.4 Å². The fourth-order valence-corrected chi connectivity index (χ4v) is 1.73. The Morgan fingerprint density at radius 3 is 2.43 bits per heavy atom. The predicted octanol–water partition coefficient (Wildman–Crippen LogP) is 0.814. The molecule has 3 nitrogen and oxygen atoms in total. The first-order valence-electron chi connectivity index (χ1n) is 4.88. The van der Waals surface area contributed by atoms with Gasteiger partial charge in [0, 0.05) is 12.7 Å². The summed E-state index contributed by atoms with van der Waals surface area (Å²) in [6.07, 6.45) is 9.97. The second kappa shape index (κ2) is 7.84. The third kappa shape index (κ3) is 11.5. The van der Waals surface area contributed by atoms with Gasteiger partial charge in [0.1, 0.15) is 9.84 Å². The third-order valence-corrected chi connectivity index (χ3v) is 2.82. The normalized spacial score (nSPS) is 11.1. The molecule has 0 aliphatic heterocycles. The molecule has 0 amide bonds. The van der Waals surface area contributed by atoms with Crippen LogP contribution < -0.4 is 5.32 Å². The minimum absolute atomic E-state index is 0.268. The van der Waals surface area contributed by atoms with Gasteiger partial charge in [-0.05, 0) is 32.4 Å². The lowest BCUT2D eigenvalue weighted by Crippen LogP contribution is -2.19.